The largest absolute Gasteiger partial charge is 0.376 e. The number of carbonyl (C=O) groups is 1. The molecule has 104 valence electrons. The Bertz CT molecular complexity index is 417. The molecular formula is C15H22N2O2. The minimum atomic E-state index is -0.136. The molecule has 0 radical (unpaired) electrons. The monoisotopic (exact) mass is 262 g/mol. The molecule has 1 aromatic carbocycles. The normalized spacial score (nSPS) is 21.7. The molecule has 2 N–H and O–H groups in total. The van der Waals surface area contributed by atoms with Crippen LogP contribution < -0.4 is 10.6 Å². The van der Waals surface area contributed by atoms with E-state index in [2.05, 4.69) is 24.5 Å². The molecule has 0 aromatic heterocycles. The van der Waals surface area contributed by atoms with Crippen molar-refractivity contribution in [1.82, 2.24) is 5.32 Å². The van der Waals surface area contributed by atoms with E-state index >= 15 is 0 Å². The number of hydrogen-bond donors (Lipinski definition) is 2. The van der Waals surface area contributed by atoms with Crippen molar-refractivity contribution in [3.63, 3.8) is 0 Å². The number of ether oxygens (including phenoxy) is 1. The first kappa shape index (κ1) is 13.9. The van der Waals surface area contributed by atoms with Gasteiger partial charge in [0.2, 0.25) is 5.91 Å². The zero-order valence-corrected chi connectivity index (χ0v) is 11.6. The van der Waals surface area contributed by atoms with E-state index in [1.54, 1.807) is 0 Å². The van der Waals surface area contributed by atoms with Gasteiger partial charge in [-0.2, -0.15) is 0 Å². The van der Waals surface area contributed by atoms with Gasteiger partial charge in [0.1, 0.15) is 0 Å². The number of benzene rings is 1. The van der Waals surface area contributed by atoms with Gasteiger partial charge in [-0.1, -0.05) is 18.2 Å². The predicted octanol–water partition coefficient (Wildman–Crippen LogP) is 2.17. The summed E-state index contributed by atoms with van der Waals surface area (Å²) < 4.78 is 5.64. The lowest BCUT2D eigenvalue weighted by atomic mass is 9.94. The Hall–Kier alpha value is -1.55. The highest BCUT2D eigenvalue weighted by Gasteiger charge is 2.29. The molecule has 1 atom stereocenters. The third kappa shape index (κ3) is 4.56. The van der Waals surface area contributed by atoms with Crippen molar-refractivity contribution in [3.8, 4) is 0 Å². The van der Waals surface area contributed by atoms with Gasteiger partial charge in [0.25, 0.3) is 0 Å². The third-order valence-corrected chi connectivity index (χ3v) is 3.29. The molecule has 4 heteroatoms. The third-order valence-electron chi connectivity index (χ3n) is 3.29. The lowest BCUT2D eigenvalue weighted by Crippen LogP contribution is -2.47. The average Bonchev–Trinajstić information content (AvgIpc) is 2.36. The van der Waals surface area contributed by atoms with Crippen LogP contribution in [0, 0.1) is 0 Å². The molecule has 1 aliphatic heterocycles. The molecule has 0 spiro atoms. The van der Waals surface area contributed by atoms with Gasteiger partial charge in [0.15, 0.2) is 0 Å². The molecule has 19 heavy (non-hydrogen) atoms. The van der Waals surface area contributed by atoms with Crippen LogP contribution in [0.4, 0.5) is 5.69 Å². The van der Waals surface area contributed by atoms with Crippen molar-refractivity contribution >= 4 is 11.6 Å². The second kappa shape index (κ2) is 6.06. The van der Waals surface area contributed by atoms with Crippen LogP contribution in [-0.4, -0.2) is 30.7 Å². The fraction of sp³-hybridized carbons (Fsp3) is 0.533. The first-order valence-corrected chi connectivity index (χ1v) is 6.77. The van der Waals surface area contributed by atoms with Crippen LogP contribution in [0.25, 0.3) is 0 Å². The van der Waals surface area contributed by atoms with E-state index in [0.29, 0.717) is 13.2 Å². The Labute approximate surface area is 114 Å². The van der Waals surface area contributed by atoms with Crippen LogP contribution in [0.15, 0.2) is 30.3 Å². The number of amides is 1. The molecule has 1 aromatic rings. The molecule has 2 rings (SSSR count). The standard InChI is InChI=1S/C15H22N2O2/c1-15(2)10-13(8-9-19-15)17-14(18)11-16-12-6-4-3-5-7-12/h3-7,13,16H,8-11H2,1-2H3,(H,17,18). The molecule has 0 bridgehead atoms. The Morgan fingerprint density at radius 1 is 1.37 bits per heavy atom. The summed E-state index contributed by atoms with van der Waals surface area (Å²) in [5.41, 5.74) is 0.827. The first-order valence-electron chi connectivity index (χ1n) is 6.77. The molecule has 1 heterocycles. The van der Waals surface area contributed by atoms with Gasteiger partial charge in [-0.3, -0.25) is 4.79 Å². The van der Waals surface area contributed by atoms with Crippen LogP contribution in [0.5, 0.6) is 0 Å². The van der Waals surface area contributed by atoms with Gasteiger partial charge in [-0.15, -0.1) is 0 Å². The van der Waals surface area contributed by atoms with Crippen molar-refractivity contribution in [1.29, 1.82) is 0 Å². The quantitative estimate of drug-likeness (QED) is 0.874. The SMILES string of the molecule is CC1(C)CC(NC(=O)CNc2ccccc2)CCO1. The van der Waals surface area contributed by atoms with Crippen LogP contribution >= 0.6 is 0 Å². The molecule has 0 aliphatic carbocycles. The number of rotatable bonds is 4. The maximum absolute atomic E-state index is 11.9. The highest BCUT2D eigenvalue weighted by molar-refractivity contribution is 5.80. The van der Waals surface area contributed by atoms with Gasteiger partial charge in [-0.25, -0.2) is 0 Å². The highest BCUT2D eigenvalue weighted by atomic mass is 16.5. The maximum Gasteiger partial charge on any atom is 0.239 e. The number of anilines is 1. The van der Waals surface area contributed by atoms with Gasteiger partial charge in [0, 0.05) is 18.3 Å². The molecule has 1 amide bonds. The first-order chi connectivity index (χ1) is 9.05. The van der Waals surface area contributed by atoms with E-state index in [9.17, 15) is 4.79 Å². The van der Waals surface area contributed by atoms with E-state index in [0.717, 1.165) is 18.5 Å². The summed E-state index contributed by atoms with van der Waals surface area (Å²) in [5, 5.41) is 6.17. The zero-order valence-electron chi connectivity index (χ0n) is 11.6. The lowest BCUT2D eigenvalue weighted by molar-refractivity contribution is -0.122. The van der Waals surface area contributed by atoms with Crippen LogP contribution in [0.2, 0.25) is 0 Å². The average molecular weight is 262 g/mol. The highest BCUT2D eigenvalue weighted by Crippen LogP contribution is 2.23. The second-order valence-corrected chi connectivity index (χ2v) is 5.58. The molecule has 0 saturated carbocycles. The van der Waals surface area contributed by atoms with Crippen molar-refractivity contribution in [2.45, 2.75) is 38.3 Å². The van der Waals surface area contributed by atoms with Gasteiger partial charge in [-0.05, 0) is 38.8 Å². The molecule has 4 nitrogen and oxygen atoms in total. The van der Waals surface area contributed by atoms with Gasteiger partial charge in [0.05, 0.1) is 12.1 Å². The van der Waals surface area contributed by atoms with E-state index < -0.39 is 0 Å². The smallest absolute Gasteiger partial charge is 0.239 e. The lowest BCUT2D eigenvalue weighted by Gasteiger charge is -2.35. The number of hydrogen-bond acceptors (Lipinski definition) is 3. The summed E-state index contributed by atoms with van der Waals surface area (Å²) >= 11 is 0. The maximum atomic E-state index is 11.9. The summed E-state index contributed by atoms with van der Waals surface area (Å²) in [5.74, 6) is 0.0338. The van der Waals surface area contributed by atoms with Crippen LogP contribution in [-0.2, 0) is 9.53 Å². The van der Waals surface area contributed by atoms with Crippen molar-refractivity contribution in [3.05, 3.63) is 30.3 Å². The predicted molar refractivity (Wildman–Crippen MR) is 76.1 cm³/mol. The van der Waals surface area contributed by atoms with Crippen molar-refractivity contribution in [2.24, 2.45) is 0 Å². The van der Waals surface area contributed by atoms with E-state index in [4.69, 9.17) is 4.74 Å². The molecular weight excluding hydrogens is 240 g/mol. The van der Waals surface area contributed by atoms with Crippen LogP contribution in [0.3, 0.4) is 0 Å². The Balaban J connectivity index is 1.75. The van der Waals surface area contributed by atoms with E-state index in [-0.39, 0.29) is 17.6 Å². The summed E-state index contributed by atoms with van der Waals surface area (Å²) in [6.45, 7) is 5.15. The topological polar surface area (TPSA) is 50.4 Å². The summed E-state index contributed by atoms with van der Waals surface area (Å²) in [6, 6.07) is 9.96. The molecule has 1 aliphatic rings. The van der Waals surface area contributed by atoms with E-state index in [1.165, 1.54) is 0 Å². The number of carbonyl (C=O) groups excluding carboxylic acids is 1. The molecule has 1 unspecified atom stereocenters. The minimum absolute atomic E-state index is 0.0338. The fourth-order valence-electron chi connectivity index (χ4n) is 2.37. The van der Waals surface area contributed by atoms with Crippen LogP contribution in [0.1, 0.15) is 26.7 Å². The number of para-hydroxylation sites is 1. The Kier molecular flexibility index (Phi) is 4.43. The van der Waals surface area contributed by atoms with Crippen molar-refractivity contribution < 1.29 is 9.53 Å². The van der Waals surface area contributed by atoms with Gasteiger partial charge < -0.3 is 15.4 Å². The minimum Gasteiger partial charge on any atom is -0.376 e. The zero-order chi connectivity index (χ0) is 13.7. The number of nitrogens with one attached hydrogen (secondary N) is 2. The summed E-state index contributed by atoms with van der Waals surface area (Å²) in [7, 11) is 0. The summed E-state index contributed by atoms with van der Waals surface area (Å²) in [6.07, 6.45) is 1.75. The second-order valence-electron chi connectivity index (χ2n) is 5.58. The molecule has 1 saturated heterocycles. The Morgan fingerprint density at radius 2 is 2.11 bits per heavy atom. The van der Waals surface area contributed by atoms with Gasteiger partial charge >= 0.3 is 0 Å². The Morgan fingerprint density at radius 3 is 2.79 bits per heavy atom. The molecule has 1 fully saturated rings. The van der Waals surface area contributed by atoms with Crippen molar-refractivity contribution in [2.75, 3.05) is 18.5 Å². The van der Waals surface area contributed by atoms with E-state index in [1.807, 2.05) is 30.3 Å². The summed E-state index contributed by atoms with van der Waals surface area (Å²) in [4.78, 5) is 11.9. The fourth-order valence-corrected chi connectivity index (χ4v) is 2.37.